The maximum absolute atomic E-state index is 11.9. The Hall–Kier alpha value is -1.17. The number of rotatable bonds is 3. The number of benzene rings is 1. The van der Waals surface area contributed by atoms with Crippen LogP contribution in [-0.2, 0) is 4.79 Å². The van der Waals surface area contributed by atoms with Crippen molar-refractivity contribution in [1.29, 1.82) is 0 Å². The van der Waals surface area contributed by atoms with Crippen LogP contribution in [0, 0.1) is 6.92 Å². The summed E-state index contributed by atoms with van der Waals surface area (Å²) >= 11 is 3.51. The number of aryl methyl sites for hydroxylation is 1. The van der Waals surface area contributed by atoms with Gasteiger partial charge in [-0.15, -0.1) is 0 Å². The van der Waals surface area contributed by atoms with E-state index in [4.69, 9.17) is 0 Å². The molecule has 0 unspecified atom stereocenters. The topological polar surface area (TPSA) is 36.8 Å². The normalized spacial score (nSPS) is 17.6. The number of likely N-dealkylation sites (N-methyl/N-ethyl adjacent to an activating group) is 1. The molecule has 4 nitrogen and oxygen atoms in total. The first-order chi connectivity index (χ1) is 9.54. The lowest BCUT2D eigenvalue weighted by Crippen LogP contribution is -3.12. The molecule has 1 heterocycles. The molecule has 2 rings (SSSR count). The minimum atomic E-state index is -0.0722. The second kappa shape index (κ2) is 7.02. The van der Waals surface area contributed by atoms with E-state index in [9.17, 15) is 4.79 Å². The van der Waals surface area contributed by atoms with Gasteiger partial charge in [-0.25, -0.2) is 5.01 Å². The Labute approximate surface area is 128 Å². The highest BCUT2D eigenvalue weighted by molar-refractivity contribution is 9.10. The van der Waals surface area contributed by atoms with E-state index in [-0.39, 0.29) is 5.91 Å². The van der Waals surface area contributed by atoms with Gasteiger partial charge in [0.25, 0.3) is 5.91 Å². The summed E-state index contributed by atoms with van der Waals surface area (Å²) in [6.45, 7) is 5.97. The third kappa shape index (κ3) is 4.44. The van der Waals surface area contributed by atoms with Gasteiger partial charge >= 0.3 is 0 Å². The zero-order chi connectivity index (χ0) is 14.5. The number of carbonyl (C=O) groups is 1. The number of hydrazine groups is 1. The summed E-state index contributed by atoms with van der Waals surface area (Å²) in [6, 6.07) is 6.08. The molecule has 0 saturated carbocycles. The Bertz CT molecular complexity index is 508. The van der Waals surface area contributed by atoms with Gasteiger partial charge in [-0.2, -0.15) is 0 Å². The van der Waals surface area contributed by atoms with Gasteiger partial charge in [-0.3, -0.25) is 10.2 Å². The Morgan fingerprint density at radius 2 is 2.10 bits per heavy atom. The molecule has 1 aromatic carbocycles. The maximum atomic E-state index is 11.9. The molecule has 1 amide bonds. The number of halogens is 1. The van der Waals surface area contributed by atoms with Crippen LogP contribution < -0.4 is 10.3 Å². The van der Waals surface area contributed by atoms with Crippen molar-refractivity contribution in [3.8, 4) is 0 Å². The van der Waals surface area contributed by atoms with Gasteiger partial charge in [0.2, 0.25) is 0 Å². The van der Waals surface area contributed by atoms with Crippen LogP contribution in [0.5, 0.6) is 0 Å². The van der Waals surface area contributed by atoms with Gasteiger partial charge in [-0.05, 0) is 30.2 Å². The van der Waals surface area contributed by atoms with Gasteiger partial charge < -0.3 is 4.90 Å². The standard InChI is InChI=1S/C15H20BrN3O/c1-12-3-4-13(14(16)11-12)5-6-15(20)17-19-9-7-18(2)8-10-19/h3-6,11H,7-10H2,1-2H3,(H,17,20)/p+1/b6-5+. The van der Waals surface area contributed by atoms with Crippen molar-refractivity contribution in [2.24, 2.45) is 0 Å². The van der Waals surface area contributed by atoms with Crippen molar-refractivity contribution >= 4 is 27.9 Å². The van der Waals surface area contributed by atoms with Gasteiger partial charge in [0.15, 0.2) is 0 Å². The van der Waals surface area contributed by atoms with E-state index < -0.39 is 0 Å². The van der Waals surface area contributed by atoms with E-state index in [1.54, 1.807) is 6.08 Å². The molecular weight excluding hydrogens is 318 g/mol. The number of amides is 1. The molecule has 5 heteroatoms. The van der Waals surface area contributed by atoms with Crippen LogP contribution in [0.15, 0.2) is 28.7 Å². The summed E-state index contributed by atoms with van der Waals surface area (Å²) in [5, 5.41) is 1.99. The Kier molecular flexibility index (Phi) is 5.34. The second-order valence-electron chi connectivity index (χ2n) is 5.28. The first-order valence-electron chi connectivity index (χ1n) is 6.85. The molecular formula is C15H21BrN3O+. The van der Waals surface area contributed by atoms with Crippen molar-refractivity contribution < 1.29 is 9.69 Å². The number of nitrogens with zero attached hydrogens (tertiary/aromatic N) is 1. The summed E-state index contributed by atoms with van der Waals surface area (Å²) < 4.78 is 1.00. The average molecular weight is 339 g/mol. The van der Waals surface area contributed by atoms with Gasteiger partial charge in [-0.1, -0.05) is 28.1 Å². The molecule has 1 fully saturated rings. The summed E-state index contributed by atoms with van der Waals surface area (Å²) in [7, 11) is 2.17. The first kappa shape index (κ1) is 15.2. The van der Waals surface area contributed by atoms with Crippen LogP contribution >= 0.6 is 15.9 Å². The molecule has 0 radical (unpaired) electrons. The molecule has 0 atom stereocenters. The van der Waals surface area contributed by atoms with E-state index in [0.29, 0.717) is 0 Å². The lowest BCUT2D eigenvalue weighted by molar-refractivity contribution is -0.884. The third-order valence-electron chi connectivity index (χ3n) is 3.46. The van der Waals surface area contributed by atoms with Crippen LogP contribution in [0.2, 0.25) is 0 Å². The van der Waals surface area contributed by atoms with Crippen molar-refractivity contribution in [3.63, 3.8) is 0 Å². The molecule has 0 aromatic heterocycles. The summed E-state index contributed by atoms with van der Waals surface area (Å²) in [4.78, 5) is 13.4. The molecule has 1 saturated heterocycles. The molecule has 1 aliphatic heterocycles. The molecule has 0 spiro atoms. The zero-order valence-corrected chi connectivity index (χ0v) is 13.5. The average Bonchev–Trinajstić information content (AvgIpc) is 2.40. The lowest BCUT2D eigenvalue weighted by atomic mass is 10.1. The predicted octanol–water partition coefficient (Wildman–Crippen LogP) is 0.632. The van der Waals surface area contributed by atoms with Crippen LogP contribution in [0.25, 0.3) is 6.08 Å². The molecule has 1 aromatic rings. The smallest absolute Gasteiger partial charge is 0.258 e. The zero-order valence-electron chi connectivity index (χ0n) is 11.9. The Balaban J connectivity index is 1.89. The van der Waals surface area contributed by atoms with Crippen LogP contribution in [0.1, 0.15) is 11.1 Å². The highest BCUT2D eigenvalue weighted by Crippen LogP contribution is 2.19. The minimum Gasteiger partial charge on any atom is -0.335 e. The number of nitrogens with one attached hydrogen (secondary N) is 2. The fraction of sp³-hybridized carbons (Fsp3) is 0.400. The summed E-state index contributed by atoms with van der Waals surface area (Å²) in [5.41, 5.74) is 5.12. The Morgan fingerprint density at radius 1 is 1.40 bits per heavy atom. The maximum Gasteiger partial charge on any atom is 0.258 e. The van der Waals surface area contributed by atoms with E-state index in [0.717, 1.165) is 36.2 Å². The molecule has 2 N–H and O–H groups in total. The monoisotopic (exact) mass is 338 g/mol. The van der Waals surface area contributed by atoms with E-state index in [1.807, 2.05) is 36.2 Å². The first-order valence-corrected chi connectivity index (χ1v) is 7.65. The molecule has 108 valence electrons. The number of quaternary nitrogens is 1. The SMILES string of the molecule is Cc1ccc(/C=C/C(=O)NN2CC[NH+](C)CC2)c(Br)c1. The second-order valence-corrected chi connectivity index (χ2v) is 6.13. The summed E-state index contributed by atoms with van der Waals surface area (Å²) in [5.74, 6) is -0.0722. The Morgan fingerprint density at radius 3 is 2.75 bits per heavy atom. The predicted molar refractivity (Wildman–Crippen MR) is 84.2 cm³/mol. The number of carbonyl (C=O) groups excluding carboxylic acids is 1. The fourth-order valence-corrected chi connectivity index (χ4v) is 2.75. The highest BCUT2D eigenvalue weighted by Gasteiger charge is 2.17. The molecule has 20 heavy (non-hydrogen) atoms. The molecule has 0 bridgehead atoms. The van der Waals surface area contributed by atoms with Crippen LogP contribution in [-0.4, -0.2) is 44.1 Å². The van der Waals surface area contributed by atoms with E-state index in [2.05, 4.69) is 28.4 Å². The molecule has 0 aliphatic carbocycles. The van der Waals surface area contributed by atoms with E-state index >= 15 is 0 Å². The van der Waals surface area contributed by atoms with Crippen LogP contribution in [0.4, 0.5) is 0 Å². The number of piperazine rings is 1. The largest absolute Gasteiger partial charge is 0.335 e. The van der Waals surface area contributed by atoms with Gasteiger partial charge in [0.05, 0.1) is 33.2 Å². The summed E-state index contributed by atoms with van der Waals surface area (Å²) in [6.07, 6.45) is 3.42. The molecule has 1 aliphatic rings. The van der Waals surface area contributed by atoms with E-state index in [1.165, 1.54) is 10.5 Å². The third-order valence-corrected chi connectivity index (χ3v) is 4.14. The van der Waals surface area contributed by atoms with Crippen molar-refractivity contribution in [3.05, 3.63) is 39.9 Å². The van der Waals surface area contributed by atoms with Crippen molar-refractivity contribution in [2.45, 2.75) is 6.92 Å². The van der Waals surface area contributed by atoms with Gasteiger partial charge in [0, 0.05) is 10.5 Å². The van der Waals surface area contributed by atoms with Crippen molar-refractivity contribution in [1.82, 2.24) is 10.4 Å². The van der Waals surface area contributed by atoms with Crippen LogP contribution in [0.3, 0.4) is 0 Å². The highest BCUT2D eigenvalue weighted by atomic mass is 79.9. The van der Waals surface area contributed by atoms with Crippen molar-refractivity contribution in [2.75, 3.05) is 33.2 Å². The fourth-order valence-electron chi connectivity index (χ4n) is 2.13. The number of hydrogen-bond acceptors (Lipinski definition) is 2. The lowest BCUT2D eigenvalue weighted by Gasteiger charge is -2.29. The van der Waals surface area contributed by atoms with Gasteiger partial charge in [0.1, 0.15) is 0 Å². The minimum absolute atomic E-state index is 0.0722. The quantitative estimate of drug-likeness (QED) is 0.793. The number of hydrogen-bond donors (Lipinski definition) is 2.